The van der Waals surface area contributed by atoms with Gasteiger partial charge in [0.2, 0.25) is 0 Å². The van der Waals surface area contributed by atoms with E-state index in [4.69, 9.17) is 9.15 Å². The minimum Gasteiger partial charge on any atom is -0.478 e. The van der Waals surface area contributed by atoms with Crippen LogP contribution < -0.4 is 4.74 Å². The van der Waals surface area contributed by atoms with E-state index >= 15 is 0 Å². The molecule has 0 fully saturated rings. The first-order valence-corrected chi connectivity index (χ1v) is 6.04. The highest BCUT2D eigenvalue weighted by atomic mass is 16.6. The second-order valence-electron chi connectivity index (χ2n) is 4.49. The van der Waals surface area contributed by atoms with Gasteiger partial charge in [0.1, 0.15) is 0 Å². The number of furan rings is 1. The molecule has 0 aromatic carbocycles. The van der Waals surface area contributed by atoms with Crippen LogP contribution in [0.15, 0.2) is 45.4 Å². The topological polar surface area (TPSA) is 80.0 Å². The van der Waals surface area contributed by atoms with Crippen molar-refractivity contribution in [2.45, 2.75) is 20.3 Å². The van der Waals surface area contributed by atoms with E-state index in [1.807, 2.05) is 0 Å². The molecule has 106 valence electrons. The first kappa shape index (κ1) is 13.9. The summed E-state index contributed by atoms with van der Waals surface area (Å²) in [6, 6.07) is 3.11. The van der Waals surface area contributed by atoms with Gasteiger partial charge in [0.25, 0.3) is 5.95 Å². The molecule has 0 radical (unpaired) electrons. The third kappa shape index (κ3) is 2.45. The van der Waals surface area contributed by atoms with Crippen molar-refractivity contribution in [3.63, 3.8) is 0 Å². The fourth-order valence-corrected chi connectivity index (χ4v) is 2.01. The van der Waals surface area contributed by atoms with Crippen LogP contribution in [0.4, 0.5) is 0 Å². The minimum atomic E-state index is -1.04. The van der Waals surface area contributed by atoms with Gasteiger partial charge in [0.05, 0.1) is 17.4 Å². The van der Waals surface area contributed by atoms with Crippen LogP contribution in [-0.4, -0.2) is 29.0 Å². The predicted octanol–water partition coefficient (Wildman–Crippen LogP) is 2.15. The number of esters is 1. The Hall–Kier alpha value is -2.50. The molecule has 2 heterocycles. The first-order valence-electron chi connectivity index (χ1n) is 6.04. The Morgan fingerprint density at radius 3 is 2.50 bits per heavy atom. The lowest BCUT2D eigenvalue weighted by Crippen LogP contribution is -2.28. The van der Waals surface area contributed by atoms with Crippen molar-refractivity contribution in [1.82, 2.24) is 4.90 Å². The van der Waals surface area contributed by atoms with Crippen molar-refractivity contribution in [2.75, 3.05) is 7.05 Å². The molecule has 0 atom stereocenters. The smallest absolute Gasteiger partial charge is 0.343 e. The number of carboxylic acid groups (broad SMARTS) is 1. The van der Waals surface area contributed by atoms with E-state index in [9.17, 15) is 14.7 Å². The van der Waals surface area contributed by atoms with E-state index in [0.717, 1.165) is 0 Å². The zero-order chi connectivity index (χ0) is 14.9. The molecule has 0 unspecified atom stereocenters. The monoisotopic (exact) mass is 277 g/mol. The van der Waals surface area contributed by atoms with Crippen LogP contribution in [-0.2, 0) is 9.59 Å². The van der Waals surface area contributed by atoms with Crippen LogP contribution in [0.25, 0.3) is 0 Å². The number of hydrogen-bond donors (Lipinski definition) is 1. The first-order chi connectivity index (χ1) is 9.41. The molecule has 0 spiro atoms. The van der Waals surface area contributed by atoms with E-state index in [1.165, 1.54) is 12.3 Å². The number of ether oxygens (including phenoxy) is 1. The summed E-state index contributed by atoms with van der Waals surface area (Å²) in [6.45, 7) is 3.46. The largest absolute Gasteiger partial charge is 0.478 e. The number of aliphatic carboxylic acids is 1. The molecule has 20 heavy (non-hydrogen) atoms. The third-order valence-electron chi connectivity index (χ3n) is 3.43. The fourth-order valence-electron chi connectivity index (χ4n) is 2.01. The van der Waals surface area contributed by atoms with Crippen molar-refractivity contribution in [3.8, 4) is 5.95 Å². The zero-order valence-corrected chi connectivity index (χ0v) is 11.5. The molecule has 1 aromatic heterocycles. The number of carbonyl (C=O) groups excluding carboxylic acids is 1. The van der Waals surface area contributed by atoms with E-state index in [2.05, 4.69) is 0 Å². The molecule has 1 aliphatic heterocycles. The summed E-state index contributed by atoms with van der Waals surface area (Å²) >= 11 is 0. The highest BCUT2D eigenvalue weighted by molar-refractivity contribution is 5.96. The Labute approximate surface area is 115 Å². The van der Waals surface area contributed by atoms with Crippen molar-refractivity contribution < 1.29 is 23.8 Å². The lowest BCUT2D eigenvalue weighted by atomic mass is 9.97. The number of allylic oxidation sites excluding steroid dienone is 2. The highest BCUT2D eigenvalue weighted by Crippen LogP contribution is 2.30. The molecular formula is C14H15NO5. The lowest BCUT2D eigenvalue weighted by molar-refractivity contribution is -0.133. The molecule has 0 amide bonds. The van der Waals surface area contributed by atoms with Gasteiger partial charge < -0.3 is 19.2 Å². The zero-order valence-electron chi connectivity index (χ0n) is 11.5. The number of nitrogens with zero attached hydrogens (tertiary/aromatic N) is 1. The lowest BCUT2D eigenvalue weighted by Gasteiger charge is -2.29. The van der Waals surface area contributed by atoms with Crippen molar-refractivity contribution in [2.24, 2.45) is 0 Å². The quantitative estimate of drug-likeness (QED) is 0.853. The Bertz CT molecular complexity index is 610. The van der Waals surface area contributed by atoms with Crippen LogP contribution in [0, 0.1) is 0 Å². The van der Waals surface area contributed by atoms with Gasteiger partial charge >= 0.3 is 11.9 Å². The Morgan fingerprint density at radius 1 is 1.30 bits per heavy atom. The SMILES string of the molecule is CC1=C(C(=O)O)CC(C(=O)Oc2ccco2)=C(C)N1C. The van der Waals surface area contributed by atoms with Crippen molar-refractivity contribution >= 4 is 11.9 Å². The molecular weight excluding hydrogens is 262 g/mol. The Balaban J connectivity index is 2.27. The van der Waals surface area contributed by atoms with Crippen LogP contribution in [0.5, 0.6) is 5.95 Å². The molecule has 1 N–H and O–H groups in total. The third-order valence-corrected chi connectivity index (χ3v) is 3.43. The average Bonchev–Trinajstić information content (AvgIpc) is 2.88. The summed E-state index contributed by atoms with van der Waals surface area (Å²) in [6.07, 6.45) is 1.43. The van der Waals surface area contributed by atoms with Crippen LogP contribution in [0.2, 0.25) is 0 Å². The normalized spacial score (nSPS) is 15.7. The number of rotatable bonds is 3. The summed E-state index contributed by atoms with van der Waals surface area (Å²) in [4.78, 5) is 25.0. The Kier molecular flexibility index (Phi) is 3.65. The minimum absolute atomic E-state index is 0.0386. The molecule has 1 aliphatic rings. The van der Waals surface area contributed by atoms with Gasteiger partial charge in [-0.3, -0.25) is 0 Å². The van der Waals surface area contributed by atoms with E-state index < -0.39 is 11.9 Å². The average molecular weight is 277 g/mol. The maximum atomic E-state index is 12.1. The van der Waals surface area contributed by atoms with Crippen LogP contribution >= 0.6 is 0 Å². The highest BCUT2D eigenvalue weighted by Gasteiger charge is 2.29. The van der Waals surface area contributed by atoms with Gasteiger partial charge in [-0.2, -0.15) is 0 Å². The second kappa shape index (κ2) is 5.24. The summed E-state index contributed by atoms with van der Waals surface area (Å²) in [7, 11) is 1.72. The summed E-state index contributed by atoms with van der Waals surface area (Å²) in [5, 5.41) is 9.19. The van der Waals surface area contributed by atoms with Gasteiger partial charge in [-0.1, -0.05) is 0 Å². The fraction of sp³-hybridized carbons (Fsp3) is 0.286. The number of hydrogen-bond acceptors (Lipinski definition) is 5. The van der Waals surface area contributed by atoms with Gasteiger partial charge in [0, 0.05) is 30.9 Å². The van der Waals surface area contributed by atoms with E-state index in [1.54, 1.807) is 31.9 Å². The second-order valence-corrected chi connectivity index (χ2v) is 4.49. The summed E-state index contributed by atoms with van der Waals surface area (Å²) in [5.41, 5.74) is 1.78. The summed E-state index contributed by atoms with van der Waals surface area (Å²) < 4.78 is 10.0. The Morgan fingerprint density at radius 2 is 1.95 bits per heavy atom. The van der Waals surface area contributed by atoms with Crippen LogP contribution in [0.3, 0.4) is 0 Å². The van der Waals surface area contributed by atoms with Gasteiger partial charge in [-0.05, 0) is 19.9 Å². The van der Waals surface area contributed by atoms with Crippen molar-refractivity contribution in [1.29, 1.82) is 0 Å². The molecule has 0 aliphatic carbocycles. The number of carboxylic acids is 1. The maximum absolute atomic E-state index is 12.1. The molecule has 0 bridgehead atoms. The van der Waals surface area contributed by atoms with Crippen LogP contribution in [0.1, 0.15) is 20.3 Å². The van der Waals surface area contributed by atoms with E-state index in [-0.39, 0.29) is 17.9 Å². The molecule has 1 aromatic rings. The van der Waals surface area contributed by atoms with Gasteiger partial charge in [0.15, 0.2) is 0 Å². The summed E-state index contributed by atoms with van der Waals surface area (Å²) in [5.74, 6) is -1.55. The van der Waals surface area contributed by atoms with Crippen molar-refractivity contribution in [3.05, 3.63) is 40.9 Å². The maximum Gasteiger partial charge on any atom is 0.343 e. The predicted molar refractivity (Wildman–Crippen MR) is 69.8 cm³/mol. The molecule has 6 nitrogen and oxygen atoms in total. The van der Waals surface area contributed by atoms with Gasteiger partial charge in [-0.15, -0.1) is 0 Å². The van der Waals surface area contributed by atoms with Gasteiger partial charge in [-0.25, -0.2) is 9.59 Å². The molecule has 0 saturated heterocycles. The standard InChI is InChI=1S/C14H15NO5/c1-8-10(13(16)17)7-11(9(2)15(8)3)14(18)20-12-5-4-6-19-12/h4-6H,7H2,1-3H3,(H,16,17). The molecule has 6 heteroatoms. The number of carbonyl (C=O) groups is 2. The molecule has 2 rings (SSSR count). The van der Waals surface area contributed by atoms with E-state index in [0.29, 0.717) is 17.0 Å². The molecule has 0 saturated carbocycles.